The number of fused-ring (bicyclic) bond motifs is 1. The predicted molar refractivity (Wildman–Crippen MR) is 133 cm³/mol. The first-order chi connectivity index (χ1) is 15.9. The minimum absolute atomic E-state index is 0.0562. The number of amidine groups is 1. The molecule has 0 aromatic heterocycles. The lowest BCUT2D eigenvalue weighted by atomic mass is 9.93. The van der Waals surface area contributed by atoms with E-state index in [0.29, 0.717) is 22.6 Å². The van der Waals surface area contributed by atoms with Gasteiger partial charge in [-0.3, -0.25) is 9.59 Å². The number of benzene rings is 2. The number of thioether (sulfide) groups is 1. The summed E-state index contributed by atoms with van der Waals surface area (Å²) in [6.45, 7) is 2.72. The Morgan fingerprint density at radius 1 is 1.18 bits per heavy atom. The Morgan fingerprint density at radius 2 is 1.97 bits per heavy atom. The van der Waals surface area contributed by atoms with E-state index < -0.39 is 0 Å². The number of aliphatic imine (C=N–C) groups is 1. The molecule has 0 bridgehead atoms. The van der Waals surface area contributed by atoms with Crippen LogP contribution in [0.15, 0.2) is 64.8 Å². The first-order valence-electron chi connectivity index (χ1n) is 10.9. The van der Waals surface area contributed by atoms with Crippen LogP contribution in [0.5, 0.6) is 5.75 Å². The van der Waals surface area contributed by atoms with Gasteiger partial charge in [0.1, 0.15) is 5.75 Å². The molecule has 2 aliphatic rings. The number of carbonyl (C=O) groups is 2. The number of anilines is 1. The number of ether oxygens (including phenoxy) is 1. The molecular formula is C25H28N4O3S. The van der Waals surface area contributed by atoms with Gasteiger partial charge in [-0.1, -0.05) is 36.0 Å². The van der Waals surface area contributed by atoms with Crippen LogP contribution in [0.2, 0.25) is 0 Å². The maximum absolute atomic E-state index is 13.2. The van der Waals surface area contributed by atoms with E-state index in [1.807, 2.05) is 37.3 Å². The molecule has 2 aromatic rings. The Labute approximate surface area is 198 Å². The maximum Gasteiger partial charge on any atom is 0.259 e. The van der Waals surface area contributed by atoms with Crippen molar-refractivity contribution in [3.63, 3.8) is 0 Å². The fourth-order valence-electron chi connectivity index (χ4n) is 4.15. The minimum atomic E-state index is -0.261. The van der Waals surface area contributed by atoms with Crippen LogP contribution in [0, 0.1) is 0 Å². The molecule has 0 radical (unpaired) electrons. The second-order valence-electron chi connectivity index (χ2n) is 8.17. The van der Waals surface area contributed by atoms with Crippen molar-refractivity contribution in [1.82, 2.24) is 9.80 Å². The van der Waals surface area contributed by atoms with Gasteiger partial charge in [0, 0.05) is 32.1 Å². The molecule has 0 aliphatic carbocycles. The highest BCUT2D eigenvalue weighted by Gasteiger charge is 2.37. The highest BCUT2D eigenvalue weighted by atomic mass is 32.2. The molecule has 0 spiro atoms. The fraction of sp³-hybridized carbons (Fsp3) is 0.320. The summed E-state index contributed by atoms with van der Waals surface area (Å²) in [7, 11) is 5.06. The highest BCUT2D eigenvalue weighted by molar-refractivity contribution is 8.13. The highest BCUT2D eigenvalue weighted by Crippen LogP contribution is 2.40. The molecule has 1 fully saturated rings. The number of nitrogens with one attached hydrogen (secondary N) is 1. The van der Waals surface area contributed by atoms with E-state index in [9.17, 15) is 9.59 Å². The Balaban J connectivity index is 1.70. The lowest BCUT2D eigenvalue weighted by Crippen LogP contribution is -2.43. The number of allylic oxidation sites excluding steroid dienone is 1. The molecule has 2 aromatic carbocycles. The summed E-state index contributed by atoms with van der Waals surface area (Å²) in [5.41, 5.74) is 3.46. The van der Waals surface area contributed by atoms with Crippen molar-refractivity contribution in [2.75, 3.05) is 38.8 Å². The third-order valence-corrected chi connectivity index (χ3v) is 6.78. The van der Waals surface area contributed by atoms with Gasteiger partial charge in [0.25, 0.3) is 11.8 Å². The van der Waals surface area contributed by atoms with Crippen molar-refractivity contribution in [3.8, 4) is 5.75 Å². The molecule has 2 heterocycles. The van der Waals surface area contributed by atoms with E-state index in [1.54, 1.807) is 56.1 Å². The standard InChI is InChI=1S/C25H28N4O3S/c1-16-21(24(31)28(2)3)22(29-13-8-14-33-25(29)26-16)17-9-7-10-18(15-17)27-23(30)19-11-5-6-12-20(19)32-4/h5-7,9-12,15,22H,8,13-14H2,1-4H3,(H,27,30). The molecule has 1 atom stereocenters. The SMILES string of the molecule is COc1ccccc1C(=O)Nc1cccc(C2C(C(=O)N(C)C)=C(C)N=C3SCCCN32)c1. The number of para-hydroxylation sites is 1. The van der Waals surface area contributed by atoms with Crippen LogP contribution in [-0.4, -0.2) is 60.3 Å². The van der Waals surface area contributed by atoms with Crippen LogP contribution >= 0.6 is 11.8 Å². The largest absolute Gasteiger partial charge is 0.496 e. The second kappa shape index (κ2) is 9.70. The number of amides is 2. The number of rotatable bonds is 5. The molecular weight excluding hydrogens is 436 g/mol. The van der Waals surface area contributed by atoms with Crippen LogP contribution in [0.3, 0.4) is 0 Å². The number of hydrogen-bond donors (Lipinski definition) is 1. The van der Waals surface area contributed by atoms with Crippen molar-refractivity contribution in [3.05, 3.63) is 70.9 Å². The van der Waals surface area contributed by atoms with Gasteiger partial charge < -0.3 is 19.9 Å². The lowest BCUT2D eigenvalue weighted by molar-refractivity contribution is -0.125. The van der Waals surface area contributed by atoms with Gasteiger partial charge in [0.15, 0.2) is 5.17 Å². The van der Waals surface area contributed by atoms with Crippen LogP contribution < -0.4 is 10.1 Å². The average Bonchev–Trinajstić information content (AvgIpc) is 2.82. The van der Waals surface area contributed by atoms with E-state index in [-0.39, 0.29) is 17.9 Å². The monoisotopic (exact) mass is 464 g/mol. The van der Waals surface area contributed by atoms with E-state index in [1.165, 1.54) is 0 Å². The lowest BCUT2D eigenvalue weighted by Gasteiger charge is -2.41. The second-order valence-corrected chi connectivity index (χ2v) is 9.23. The number of carbonyl (C=O) groups excluding carboxylic acids is 2. The van der Waals surface area contributed by atoms with Crippen molar-refractivity contribution in [2.45, 2.75) is 19.4 Å². The quantitative estimate of drug-likeness (QED) is 0.719. The smallest absolute Gasteiger partial charge is 0.259 e. The first-order valence-corrected chi connectivity index (χ1v) is 11.8. The molecule has 7 nitrogen and oxygen atoms in total. The molecule has 0 saturated carbocycles. The fourth-order valence-corrected chi connectivity index (χ4v) is 5.17. The van der Waals surface area contributed by atoms with E-state index >= 15 is 0 Å². The van der Waals surface area contributed by atoms with Gasteiger partial charge in [0.05, 0.1) is 30.0 Å². The molecule has 8 heteroatoms. The molecule has 2 aliphatic heterocycles. The Hall–Kier alpha value is -3.26. The summed E-state index contributed by atoms with van der Waals surface area (Å²) >= 11 is 1.72. The molecule has 1 saturated heterocycles. The van der Waals surface area contributed by atoms with Gasteiger partial charge in [-0.15, -0.1) is 0 Å². The minimum Gasteiger partial charge on any atom is -0.496 e. The van der Waals surface area contributed by atoms with Crippen LogP contribution in [-0.2, 0) is 4.79 Å². The summed E-state index contributed by atoms with van der Waals surface area (Å²) in [5.74, 6) is 1.23. The van der Waals surface area contributed by atoms with Crippen LogP contribution in [0.4, 0.5) is 5.69 Å². The van der Waals surface area contributed by atoms with Gasteiger partial charge in [-0.2, -0.15) is 0 Å². The van der Waals surface area contributed by atoms with Crippen molar-refractivity contribution in [1.29, 1.82) is 0 Å². The molecule has 33 heavy (non-hydrogen) atoms. The maximum atomic E-state index is 13.2. The number of nitrogens with zero attached hydrogens (tertiary/aromatic N) is 3. The Bertz CT molecular complexity index is 1140. The van der Waals surface area contributed by atoms with Gasteiger partial charge in [0.2, 0.25) is 0 Å². The number of likely N-dealkylation sites (N-methyl/N-ethyl adjacent to an activating group) is 1. The molecule has 2 amide bonds. The third-order valence-electron chi connectivity index (χ3n) is 5.71. The summed E-state index contributed by atoms with van der Waals surface area (Å²) in [6, 6.07) is 14.6. The van der Waals surface area contributed by atoms with Crippen LogP contribution in [0.1, 0.15) is 35.3 Å². The zero-order chi connectivity index (χ0) is 23.5. The van der Waals surface area contributed by atoms with Gasteiger partial charge >= 0.3 is 0 Å². The summed E-state index contributed by atoms with van der Waals surface area (Å²) in [6.07, 6.45) is 1.02. The summed E-state index contributed by atoms with van der Waals surface area (Å²) in [5, 5.41) is 3.92. The van der Waals surface area contributed by atoms with E-state index in [2.05, 4.69) is 10.2 Å². The Morgan fingerprint density at radius 3 is 2.73 bits per heavy atom. The van der Waals surface area contributed by atoms with Gasteiger partial charge in [-0.05, 0) is 43.2 Å². The zero-order valence-electron chi connectivity index (χ0n) is 19.3. The van der Waals surface area contributed by atoms with E-state index in [0.717, 1.165) is 35.1 Å². The predicted octanol–water partition coefficient (Wildman–Crippen LogP) is 4.16. The Kier molecular flexibility index (Phi) is 6.74. The molecule has 4 rings (SSSR count). The molecule has 172 valence electrons. The van der Waals surface area contributed by atoms with Crippen molar-refractivity contribution in [2.24, 2.45) is 4.99 Å². The third kappa shape index (κ3) is 4.61. The first kappa shape index (κ1) is 22.9. The average molecular weight is 465 g/mol. The summed E-state index contributed by atoms with van der Waals surface area (Å²) in [4.78, 5) is 34.6. The number of hydrogen-bond acceptors (Lipinski definition) is 6. The molecule has 1 unspecified atom stereocenters. The molecule has 1 N–H and O–H groups in total. The van der Waals surface area contributed by atoms with Gasteiger partial charge in [-0.25, -0.2) is 4.99 Å². The summed E-state index contributed by atoms with van der Waals surface area (Å²) < 4.78 is 5.33. The topological polar surface area (TPSA) is 74.2 Å². The van der Waals surface area contributed by atoms with Crippen LogP contribution in [0.25, 0.3) is 0 Å². The number of methoxy groups -OCH3 is 1. The zero-order valence-corrected chi connectivity index (χ0v) is 20.1. The normalized spacial score (nSPS) is 17.8. The van der Waals surface area contributed by atoms with Crippen molar-refractivity contribution >= 4 is 34.4 Å². The van der Waals surface area contributed by atoms with E-state index in [4.69, 9.17) is 9.73 Å². The van der Waals surface area contributed by atoms with Crippen molar-refractivity contribution < 1.29 is 14.3 Å².